The highest BCUT2D eigenvalue weighted by molar-refractivity contribution is 6.30. The summed E-state index contributed by atoms with van der Waals surface area (Å²) in [7, 11) is 0. The van der Waals surface area contributed by atoms with Gasteiger partial charge in [-0.2, -0.15) is 0 Å². The number of halogens is 2. The molecular weight excluding hydrogens is 241 g/mol. The molecule has 0 aliphatic heterocycles. The fourth-order valence-corrected chi connectivity index (χ4v) is 2.36. The van der Waals surface area contributed by atoms with Gasteiger partial charge in [0, 0.05) is 28.6 Å². The lowest BCUT2D eigenvalue weighted by Crippen LogP contribution is -2.59. The van der Waals surface area contributed by atoms with Crippen molar-refractivity contribution in [2.24, 2.45) is 5.41 Å². The van der Waals surface area contributed by atoms with Gasteiger partial charge in [0.05, 0.1) is 6.10 Å². The molecule has 1 aliphatic rings. The Morgan fingerprint density at radius 1 is 1.53 bits per heavy atom. The highest BCUT2D eigenvalue weighted by Gasteiger charge is 2.46. The Kier molecular flexibility index (Phi) is 3.43. The number of benzene rings is 1. The van der Waals surface area contributed by atoms with Crippen LogP contribution in [0.15, 0.2) is 18.2 Å². The van der Waals surface area contributed by atoms with Crippen LogP contribution in [0.1, 0.15) is 25.8 Å². The van der Waals surface area contributed by atoms with Crippen molar-refractivity contribution in [3.05, 3.63) is 34.6 Å². The molecule has 1 aliphatic carbocycles. The van der Waals surface area contributed by atoms with Gasteiger partial charge in [0.1, 0.15) is 5.82 Å². The van der Waals surface area contributed by atoms with Crippen molar-refractivity contribution in [1.29, 1.82) is 0 Å². The van der Waals surface area contributed by atoms with E-state index in [0.29, 0.717) is 17.1 Å². The summed E-state index contributed by atoms with van der Waals surface area (Å²) in [4.78, 5) is 0. The van der Waals surface area contributed by atoms with Crippen LogP contribution in [0.3, 0.4) is 0 Å². The van der Waals surface area contributed by atoms with Crippen LogP contribution in [-0.4, -0.2) is 17.3 Å². The third kappa shape index (κ3) is 2.46. The summed E-state index contributed by atoms with van der Waals surface area (Å²) < 4.78 is 13.5. The summed E-state index contributed by atoms with van der Waals surface area (Å²) in [6.07, 6.45) is 0.444. The van der Waals surface area contributed by atoms with Crippen LogP contribution in [0.4, 0.5) is 4.39 Å². The maximum Gasteiger partial charge on any atom is 0.127 e. The molecular formula is C13H17ClFNO. The number of nitrogens with one attached hydrogen (secondary N) is 1. The van der Waals surface area contributed by atoms with Crippen molar-refractivity contribution in [3.63, 3.8) is 0 Å². The molecule has 0 radical (unpaired) electrons. The van der Waals surface area contributed by atoms with Crippen molar-refractivity contribution < 1.29 is 9.50 Å². The van der Waals surface area contributed by atoms with Crippen molar-refractivity contribution in [2.45, 2.75) is 39.0 Å². The zero-order chi connectivity index (χ0) is 12.6. The minimum absolute atomic E-state index is 0.144. The van der Waals surface area contributed by atoms with Crippen LogP contribution < -0.4 is 5.32 Å². The predicted octanol–water partition coefficient (Wildman–Crippen LogP) is 2.73. The standard InChI is InChI=1S/C13H17ClFNO/c1-13(2)11(6-12(13)17)16-7-8-5-9(14)3-4-10(8)15/h3-5,11-12,16-17H,6-7H2,1-2H3. The van der Waals surface area contributed by atoms with Crippen LogP contribution in [0, 0.1) is 11.2 Å². The van der Waals surface area contributed by atoms with Crippen LogP contribution >= 0.6 is 11.6 Å². The van der Waals surface area contributed by atoms with Gasteiger partial charge in [-0.25, -0.2) is 4.39 Å². The van der Waals surface area contributed by atoms with E-state index in [-0.39, 0.29) is 23.4 Å². The fraction of sp³-hybridized carbons (Fsp3) is 0.538. The molecule has 0 spiro atoms. The number of aliphatic hydroxyl groups excluding tert-OH is 1. The van der Waals surface area contributed by atoms with Crippen LogP contribution in [0.5, 0.6) is 0 Å². The monoisotopic (exact) mass is 257 g/mol. The zero-order valence-corrected chi connectivity index (χ0v) is 10.8. The lowest BCUT2D eigenvalue weighted by molar-refractivity contribution is -0.0730. The van der Waals surface area contributed by atoms with Gasteiger partial charge in [-0.1, -0.05) is 25.4 Å². The van der Waals surface area contributed by atoms with Gasteiger partial charge in [0.15, 0.2) is 0 Å². The lowest BCUT2D eigenvalue weighted by Gasteiger charge is -2.49. The van der Waals surface area contributed by atoms with Crippen LogP contribution in [0.2, 0.25) is 5.02 Å². The molecule has 1 fully saturated rings. The Morgan fingerprint density at radius 2 is 2.24 bits per heavy atom. The molecule has 0 aromatic heterocycles. The van der Waals surface area contributed by atoms with Gasteiger partial charge in [0.2, 0.25) is 0 Å². The molecule has 2 rings (SSSR count). The fourth-order valence-electron chi connectivity index (χ4n) is 2.16. The molecule has 17 heavy (non-hydrogen) atoms. The SMILES string of the molecule is CC1(C)C(O)CC1NCc1cc(Cl)ccc1F. The maximum atomic E-state index is 13.5. The van der Waals surface area contributed by atoms with Crippen molar-refractivity contribution in [1.82, 2.24) is 5.32 Å². The average molecular weight is 258 g/mol. The number of hydrogen-bond donors (Lipinski definition) is 2. The summed E-state index contributed by atoms with van der Waals surface area (Å²) in [5.41, 5.74) is 0.421. The first kappa shape index (κ1) is 12.8. The van der Waals surface area contributed by atoms with E-state index < -0.39 is 0 Å². The van der Waals surface area contributed by atoms with Gasteiger partial charge in [0.25, 0.3) is 0 Å². The smallest absolute Gasteiger partial charge is 0.127 e. The number of rotatable bonds is 3. The third-order valence-corrected chi connectivity index (χ3v) is 4.00. The molecule has 0 amide bonds. The molecule has 2 atom stereocenters. The number of hydrogen-bond acceptors (Lipinski definition) is 2. The molecule has 1 aromatic carbocycles. The maximum absolute atomic E-state index is 13.5. The zero-order valence-electron chi connectivity index (χ0n) is 10.0. The minimum Gasteiger partial charge on any atom is -0.392 e. The largest absolute Gasteiger partial charge is 0.392 e. The lowest BCUT2D eigenvalue weighted by atomic mass is 9.64. The highest BCUT2D eigenvalue weighted by atomic mass is 35.5. The second kappa shape index (κ2) is 4.56. The predicted molar refractivity (Wildman–Crippen MR) is 66.4 cm³/mol. The summed E-state index contributed by atoms with van der Waals surface area (Å²) >= 11 is 5.82. The molecule has 0 bridgehead atoms. The second-order valence-corrected chi connectivity index (χ2v) is 5.68. The highest BCUT2D eigenvalue weighted by Crippen LogP contribution is 2.40. The Bertz CT molecular complexity index is 422. The van der Waals surface area contributed by atoms with E-state index >= 15 is 0 Å². The molecule has 2 nitrogen and oxygen atoms in total. The molecule has 2 unspecified atom stereocenters. The summed E-state index contributed by atoms with van der Waals surface area (Å²) in [6, 6.07) is 4.76. The Labute approximate surface area is 106 Å². The minimum atomic E-state index is -0.274. The molecule has 1 saturated carbocycles. The van der Waals surface area contributed by atoms with E-state index in [4.69, 9.17) is 11.6 Å². The quantitative estimate of drug-likeness (QED) is 0.873. The first-order chi connectivity index (χ1) is 7.91. The molecule has 94 valence electrons. The normalized spacial score (nSPS) is 26.6. The topological polar surface area (TPSA) is 32.3 Å². The molecule has 1 aromatic rings. The van der Waals surface area contributed by atoms with E-state index in [1.54, 1.807) is 6.07 Å². The second-order valence-electron chi connectivity index (χ2n) is 5.24. The van der Waals surface area contributed by atoms with E-state index in [1.807, 2.05) is 13.8 Å². The number of aliphatic hydroxyl groups is 1. The van der Waals surface area contributed by atoms with Crippen LogP contribution in [0.25, 0.3) is 0 Å². The Hall–Kier alpha value is -0.640. The first-order valence-corrected chi connectivity index (χ1v) is 6.14. The summed E-state index contributed by atoms with van der Waals surface area (Å²) in [5, 5.41) is 13.4. The summed E-state index contributed by atoms with van der Waals surface area (Å²) in [5.74, 6) is -0.250. The molecule has 0 heterocycles. The average Bonchev–Trinajstić information content (AvgIpc) is 2.28. The van der Waals surface area contributed by atoms with Crippen LogP contribution in [-0.2, 0) is 6.54 Å². The summed E-state index contributed by atoms with van der Waals surface area (Å²) in [6.45, 7) is 4.45. The Morgan fingerprint density at radius 3 is 2.82 bits per heavy atom. The molecule has 2 N–H and O–H groups in total. The van der Waals surface area contributed by atoms with E-state index in [2.05, 4.69) is 5.32 Å². The van der Waals surface area contributed by atoms with Gasteiger partial charge >= 0.3 is 0 Å². The van der Waals surface area contributed by atoms with E-state index in [9.17, 15) is 9.50 Å². The van der Waals surface area contributed by atoms with Gasteiger partial charge in [-0.15, -0.1) is 0 Å². The van der Waals surface area contributed by atoms with Gasteiger partial charge in [-0.05, 0) is 24.6 Å². The van der Waals surface area contributed by atoms with E-state index in [0.717, 1.165) is 6.42 Å². The van der Waals surface area contributed by atoms with Crippen molar-refractivity contribution in [2.75, 3.05) is 0 Å². The van der Waals surface area contributed by atoms with Gasteiger partial charge < -0.3 is 10.4 Å². The Balaban J connectivity index is 1.97. The van der Waals surface area contributed by atoms with Crippen molar-refractivity contribution >= 4 is 11.6 Å². The molecule has 4 heteroatoms. The third-order valence-electron chi connectivity index (χ3n) is 3.76. The van der Waals surface area contributed by atoms with E-state index in [1.165, 1.54) is 12.1 Å². The van der Waals surface area contributed by atoms with Crippen molar-refractivity contribution in [3.8, 4) is 0 Å². The molecule has 0 saturated heterocycles. The first-order valence-electron chi connectivity index (χ1n) is 5.76. The van der Waals surface area contributed by atoms with Gasteiger partial charge in [-0.3, -0.25) is 0 Å².